The number of aryl methyl sites for hydroxylation is 4. The van der Waals surface area contributed by atoms with Crippen molar-refractivity contribution in [3.63, 3.8) is 0 Å². The van der Waals surface area contributed by atoms with Gasteiger partial charge in [-0.15, -0.1) is 0 Å². The van der Waals surface area contributed by atoms with Crippen LogP contribution < -0.4 is 9.62 Å². The van der Waals surface area contributed by atoms with Crippen molar-refractivity contribution in [3.8, 4) is 0 Å². The lowest BCUT2D eigenvalue weighted by Crippen LogP contribution is -2.47. The second-order valence-electron chi connectivity index (χ2n) is 7.28. The van der Waals surface area contributed by atoms with Crippen molar-refractivity contribution in [2.45, 2.75) is 53.5 Å². The van der Waals surface area contributed by atoms with Crippen LogP contribution in [0.1, 0.15) is 42.5 Å². The minimum absolute atomic E-state index is 0.323. The molecule has 1 N–H and O–H groups in total. The number of hydrogen-bond donors (Lipinski definition) is 1. The van der Waals surface area contributed by atoms with Gasteiger partial charge in [0.15, 0.2) is 0 Å². The van der Waals surface area contributed by atoms with Gasteiger partial charge in [-0.05, 0) is 68.0 Å². The van der Waals surface area contributed by atoms with Crippen molar-refractivity contribution in [2.24, 2.45) is 0 Å². The van der Waals surface area contributed by atoms with Gasteiger partial charge in [0.2, 0.25) is 15.9 Å². The van der Waals surface area contributed by atoms with Gasteiger partial charge in [-0.2, -0.15) is 0 Å². The molecule has 0 bridgehead atoms. The third-order valence-corrected chi connectivity index (χ3v) is 5.96. The molecule has 0 saturated heterocycles. The van der Waals surface area contributed by atoms with E-state index in [1.807, 2.05) is 58.9 Å². The molecule has 1 amide bonds. The summed E-state index contributed by atoms with van der Waals surface area (Å²) in [5.41, 5.74) is 5.17. The predicted molar refractivity (Wildman–Crippen MR) is 117 cm³/mol. The second kappa shape index (κ2) is 8.78. The normalized spacial score (nSPS) is 12.5. The molecule has 0 unspecified atom stereocenters. The molecule has 28 heavy (non-hydrogen) atoms. The van der Waals surface area contributed by atoms with E-state index in [2.05, 4.69) is 5.32 Å². The third-order valence-electron chi connectivity index (χ3n) is 4.78. The Morgan fingerprint density at radius 2 is 1.68 bits per heavy atom. The minimum Gasteiger partial charge on any atom is -0.324 e. The van der Waals surface area contributed by atoms with E-state index in [4.69, 9.17) is 0 Å². The van der Waals surface area contributed by atoms with E-state index in [-0.39, 0.29) is 5.91 Å². The molecule has 2 aromatic rings. The van der Waals surface area contributed by atoms with Gasteiger partial charge < -0.3 is 5.32 Å². The molecule has 1 atom stereocenters. The molecule has 0 aliphatic rings. The Hall–Kier alpha value is -2.34. The van der Waals surface area contributed by atoms with Crippen molar-refractivity contribution in [2.75, 3.05) is 15.9 Å². The summed E-state index contributed by atoms with van der Waals surface area (Å²) in [5.74, 6) is -0.323. The lowest BCUT2D eigenvalue weighted by Gasteiger charge is -2.31. The summed E-state index contributed by atoms with van der Waals surface area (Å²) in [6.07, 6.45) is 2.28. The number of carbonyl (C=O) groups excluding carboxylic acids is 1. The maximum absolute atomic E-state index is 13.2. The summed E-state index contributed by atoms with van der Waals surface area (Å²) in [5, 5.41) is 2.99. The highest BCUT2D eigenvalue weighted by Gasteiger charge is 2.32. The zero-order chi connectivity index (χ0) is 21.1. The molecule has 0 spiro atoms. The van der Waals surface area contributed by atoms with Crippen LogP contribution in [0.2, 0.25) is 0 Å². The Bertz CT molecular complexity index is 947. The monoisotopic (exact) mass is 402 g/mol. The van der Waals surface area contributed by atoms with Gasteiger partial charge in [0.25, 0.3) is 0 Å². The first-order chi connectivity index (χ1) is 13.1. The molecule has 0 aliphatic carbocycles. The van der Waals surface area contributed by atoms with Crippen LogP contribution in [0.15, 0.2) is 36.4 Å². The first-order valence-electron chi connectivity index (χ1n) is 9.55. The number of benzene rings is 2. The Balaban J connectivity index is 2.48. The third kappa shape index (κ3) is 4.93. The first-order valence-corrected chi connectivity index (χ1v) is 11.4. The Morgan fingerprint density at radius 3 is 2.18 bits per heavy atom. The fourth-order valence-corrected chi connectivity index (χ4v) is 4.74. The number of nitrogens with zero attached hydrogens (tertiary/aromatic N) is 1. The molecule has 0 radical (unpaired) electrons. The molecule has 152 valence electrons. The van der Waals surface area contributed by atoms with Crippen LogP contribution in [-0.4, -0.2) is 26.6 Å². The van der Waals surface area contributed by atoms with Gasteiger partial charge in [0.1, 0.15) is 6.04 Å². The van der Waals surface area contributed by atoms with Crippen molar-refractivity contribution >= 4 is 27.3 Å². The number of hydrogen-bond acceptors (Lipinski definition) is 3. The predicted octanol–water partition coefficient (Wildman–Crippen LogP) is 4.36. The SMILES string of the molecule is CCc1cccc(C)c1NC(=O)[C@H](CC)N(c1cc(C)cc(C)c1)S(C)(=O)=O. The quantitative estimate of drug-likeness (QED) is 0.748. The Kier molecular flexibility index (Phi) is 6.88. The second-order valence-corrected chi connectivity index (χ2v) is 9.14. The number of sulfonamides is 1. The van der Waals surface area contributed by atoms with Gasteiger partial charge in [-0.25, -0.2) is 8.42 Å². The van der Waals surface area contributed by atoms with Crippen molar-refractivity contribution in [3.05, 3.63) is 58.7 Å². The highest BCUT2D eigenvalue weighted by atomic mass is 32.2. The van der Waals surface area contributed by atoms with Crippen LogP contribution in [0.5, 0.6) is 0 Å². The van der Waals surface area contributed by atoms with E-state index in [0.29, 0.717) is 12.1 Å². The van der Waals surface area contributed by atoms with E-state index in [0.717, 1.165) is 40.6 Å². The van der Waals surface area contributed by atoms with Crippen molar-refractivity contribution < 1.29 is 13.2 Å². The van der Waals surface area contributed by atoms with E-state index in [9.17, 15) is 13.2 Å². The van der Waals surface area contributed by atoms with Gasteiger partial charge in [-0.3, -0.25) is 9.10 Å². The average Bonchev–Trinajstić information content (AvgIpc) is 2.58. The maximum atomic E-state index is 13.2. The van der Waals surface area contributed by atoms with E-state index >= 15 is 0 Å². The van der Waals surface area contributed by atoms with E-state index in [1.165, 1.54) is 4.31 Å². The van der Waals surface area contributed by atoms with Crippen LogP contribution in [0.4, 0.5) is 11.4 Å². The fraction of sp³-hybridized carbons (Fsp3) is 0.409. The highest BCUT2D eigenvalue weighted by Crippen LogP contribution is 2.27. The summed E-state index contributed by atoms with van der Waals surface area (Å²) < 4.78 is 26.5. The molecule has 0 aliphatic heterocycles. The number of para-hydroxylation sites is 1. The molecule has 5 nitrogen and oxygen atoms in total. The molecule has 2 aromatic carbocycles. The zero-order valence-electron chi connectivity index (χ0n) is 17.5. The number of carbonyl (C=O) groups is 1. The topological polar surface area (TPSA) is 66.5 Å². The fourth-order valence-electron chi connectivity index (χ4n) is 3.55. The van der Waals surface area contributed by atoms with Gasteiger partial charge in [0, 0.05) is 5.69 Å². The lowest BCUT2D eigenvalue weighted by atomic mass is 10.0. The van der Waals surface area contributed by atoms with Crippen molar-refractivity contribution in [1.29, 1.82) is 0 Å². The molecule has 0 fully saturated rings. The summed E-state index contributed by atoms with van der Waals surface area (Å²) in [6, 6.07) is 10.6. The first kappa shape index (κ1) is 22.0. The molecule has 0 heterocycles. The largest absolute Gasteiger partial charge is 0.324 e. The number of anilines is 2. The van der Waals surface area contributed by atoms with Crippen LogP contribution in [0.25, 0.3) is 0 Å². The molecular formula is C22H30N2O3S. The zero-order valence-corrected chi connectivity index (χ0v) is 18.4. The average molecular weight is 403 g/mol. The Labute approximate surface area is 168 Å². The van der Waals surface area contributed by atoms with Crippen LogP contribution in [0, 0.1) is 20.8 Å². The summed E-state index contributed by atoms with van der Waals surface area (Å²) >= 11 is 0. The Morgan fingerprint density at radius 1 is 1.07 bits per heavy atom. The standard InChI is InChI=1S/C22H30N2O3S/c1-7-18-11-9-10-17(5)21(18)23-22(25)20(8-2)24(28(6,26)27)19-13-15(3)12-16(4)14-19/h9-14,20H,7-8H2,1-6H3,(H,23,25)/t20-/m0/s1. The highest BCUT2D eigenvalue weighted by molar-refractivity contribution is 7.92. The van der Waals surface area contributed by atoms with E-state index in [1.54, 1.807) is 12.1 Å². The molecule has 2 rings (SSSR count). The smallest absolute Gasteiger partial charge is 0.248 e. The van der Waals surface area contributed by atoms with E-state index < -0.39 is 16.1 Å². The lowest BCUT2D eigenvalue weighted by molar-refractivity contribution is -0.117. The maximum Gasteiger partial charge on any atom is 0.248 e. The number of nitrogens with one attached hydrogen (secondary N) is 1. The number of amides is 1. The van der Waals surface area contributed by atoms with Crippen molar-refractivity contribution in [1.82, 2.24) is 0 Å². The van der Waals surface area contributed by atoms with Gasteiger partial charge in [-0.1, -0.05) is 38.1 Å². The van der Waals surface area contributed by atoms with Crippen LogP contribution in [-0.2, 0) is 21.2 Å². The molecule has 0 aromatic heterocycles. The minimum atomic E-state index is -3.65. The summed E-state index contributed by atoms with van der Waals surface area (Å²) in [7, 11) is -3.65. The van der Waals surface area contributed by atoms with Gasteiger partial charge in [0.05, 0.1) is 11.9 Å². The molecule has 0 saturated carbocycles. The molecule has 6 heteroatoms. The van der Waals surface area contributed by atoms with Crippen LogP contribution >= 0.6 is 0 Å². The van der Waals surface area contributed by atoms with Gasteiger partial charge >= 0.3 is 0 Å². The number of rotatable bonds is 7. The molecular weight excluding hydrogens is 372 g/mol. The summed E-state index contributed by atoms with van der Waals surface area (Å²) in [4.78, 5) is 13.2. The van der Waals surface area contributed by atoms with Crippen LogP contribution in [0.3, 0.4) is 0 Å². The summed E-state index contributed by atoms with van der Waals surface area (Å²) in [6.45, 7) is 9.62.